The van der Waals surface area contributed by atoms with Crippen LogP contribution in [0.4, 0.5) is 0 Å². The van der Waals surface area contributed by atoms with Crippen molar-refractivity contribution in [2.75, 3.05) is 12.9 Å². The summed E-state index contributed by atoms with van der Waals surface area (Å²) in [7, 11) is 1.67. The summed E-state index contributed by atoms with van der Waals surface area (Å²) in [5, 5.41) is 8.97. The van der Waals surface area contributed by atoms with Gasteiger partial charge in [-0.1, -0.05) is 13.0 Å². The maximum Gasteiger partial charge on any atom is 0.119 e. The Morgan fingerprint density at radius 3 is 2.89 bits per heavy atom. The highest BCUT2D eigenvalue weighted by Crippen LogP contribution is 2.24. The first-order chi connectivity index (χ1) is 8.63. The zero-order chi connectivity index (χ0) is 13.4. The number of nitrogens with two attached hydrogens (primary N) is 1. The number of benzene rings is 1. The van der Waals surface area contributed by atoms with Crippen molar-refractivity contribution in [1.82, 2.24) is 0 Å². The van der Waals surface area contributed by atoms with Gasteiger partial charge in [0, 0.05) is 4.90 Å². The summed E-state index contributed by atoms with van der Waals surface area (Å²) >= 11 is 1.77. The fraction of sp³-hybridized carbons (Fsp3) is 0.500. The van der Waals surface area contributed by atoms with Crippen LogP contribution in [0, 0.1) is 11.3 Å². The molecule has 0 bridgehead atoms. The maximum atomic E-state index is 8.97. The van der Waals surface area contributed by atoms with Crippen LogP contribution in [-0.2, 0) is 0 Å². The van der Waals surface area contributed by atoms with Gasteiger partial charge in [-0.2, -0.15) is 5.26 Å². The lowest BCUT2D eigenvalue weighted by Gasteiger charge is -2.18. The number of nitriles is 1. The Kier molecular flexibility index (Phi) is 6.03. The Bertz CT molecular complexity index is 417. The molecule has 2 N–H and O–H groups in total. The standard InChI is InChI=1S/C14H20N2OS/c1-3-14(16,11-15)8-5-9-18-13-7-4-6-12(10-13)17-2/h4,6-7,10H,3,5,8-9,16H2,1-2H3. The minimum absolute atomic E-state index is 0.658. The van der Waals surface area contributed by atoms with Crippen molar-refractivity contribution in [2.24, 2.45) is 5.73 Å². The molecule has 0 aliphatic heterocycles. The molecule has 98 valence electrons. The largest absolute Gasteiger partial charge is 0.497 e. The van der Waals surface area contributed by atoms with E-state index in [1.807, 2.05) is 25.1 Å². The summed E-state index contributed by atoms with van der Waals surface area (Å²) in [6.07, 6.45) is 2.39. The topological polar surface area (TPSA) is 59.0 Å². The Balaban J connectivity index is 2.36. The quantitative estimate of drug-likeness (QED) is 0.607. The van der Waals surface area contributed by atoms with Gasteiger partial charge in [0.1, 0.15) is 11.3 Å². The van der Waals surface area contributed by atoms with E-state index in [0.717, 1.165) is 24.3 Å². The molecule has 18 heavy (non-hydrogen) atoms. The third kappa shape index (κ3) is 4.59. The summed E-state index contributed by atoms with van der Waals surface area (Å²) in [6.45, 7) is 1.96. The normalized spacial score (nSPS) is 13.7. The smallest absolute Gasteiger partial charge is 0.119 e. The van der Waals surface area contributed by atoms with Crippen LogP contribution in [0.25, 0.3) is 0 Å². The van der Waals surface area contributed by atoms with Crippen molar-refractivity contribution >= 4 is 11.8 Å². The van der Waals surface area contributed by atoms with Gasteiger partial charge in [0.2, 0.25) is 0 Å². The Morgan fingerprint density at radius 2 is 2.28 bits per heavy atom. The van der Waals surface area contributed by atoms with E-state index < -0.39 is 5.54 Å². The van der Waals surface area contributed by atoms with Gasteiger partial charge < -0.3 is 10.5 Å². The van der Waals surface area contributed by atoms with Crippen LogP contribution in [-0.4, -0.2) is 18.4 Å². The third-order valence-electron chi connectivity index (χ3n) is 2.93. The number of nitrogens with zero attached hydrogens (tertiary/aromatic N) is 1. The van der Waals surface area contributed by atoms with E-state index in [9.17, 15) is 0 Å². The molecule has 3 nitrogen and oxygen atoms in total. The van der Waals surface area contributed by atoms with Crippen molar-refractivity contribution in [3.63, 3.8) is 0 Å². The molecule has 1 atom stereocenters. The van der Waals surface area contributed by atoms with Crippen molar-refractivity contribution < 1.29 is 4.74 Å². The number of hydrogen-bond acceptors (Lipinski definition) is 4. The van der Waals surface area contributed by atoms with Crippen LogP contribution in [0.5, 0.6) is 5.75 Å². The third-order valence-corrected chi connectivity index (χ3v) is 4.01. The Labute approximate surface area is 113 Å². The predicted octanol–water partition coefficient (Wildman–Crippen LogP) is 3.20. The average Bonchev–Trinajstić information content (AvgIpc) is 2.43. The number of ether oxygens (including phenoxy) is 1. The highest BCUT2D eigenvalue weighted by atomic mass is 32.2. The number of thioether (sulfide) groups is 1. The van der Waals surface area contributed by atoms with E-state index in [1.165, 1.54) is 4.90 Å². The van der Waals surface area contributed by atoms with Gasteiger partial charge in [-0.3, -0.25) is 0 Å². The molecule has 1 aromatic rings. The summed E-state index contributed by atoms with van der Waals surface area (Å²) in [4.78, 5) is 1.19. The maximum absolute atomic E-state index is 8.97. The van der Waals surface area contributed by atoms with Gasteiger partial charge in [0.25, 0.3) is 0 Å². The zero-order valence-corrected chi connectivity index (χ0v) is 11.8. The molecule has 0 aromatic heterocycles. The number of hydrogen-bond donors (Lipinski definition) is 1. The second kappa shape index (κ2) is 7.30. The molecule has 0 amide bonds. The van der Waals surface area contributed by atoms with Crippen LogP contribution in [0.2, 0.25) is 0 Å². The Morgan fingerprint density at radius 1 is 1.50 bits per heavy atom. The summed E-state index contributed by atoms with van der Waals surface area (Å²) < 4.78 is 5.17. The van der Waals surface area contributed by atoms with E-state index in [0.29, 0.717) is 6.42 Å². The minimum atomic E-state index is -0.658. The van der Waals surface area contributed by atoms with Crippen molar-refractivity contribution in [3.05, 3.63) is 24.3 Å². The first-order valence-electron chi connectivity index (χ1n) is 6.10. The van der Waals surface area contributed by atoms with Crippen LogP contribution in [0.3, 0.4) is 0 Å². The summed E-state index contributed by atoms with van der Waals surface area (Å²) in [5.41, 5.74) is 5.27. The van der Waals surface area contributed by atoms with Crippen LogP contribution >= 0.6 is 11.8 Å². The number of methoxy groups -OCH3 is 1. The second-order valence-corrected chi connectivity index (χ2v) is 5.42. The lowest BCUT2D eigenvalue weighted by molar-refractivity contribution is 0.413. The van der Waals surface area contributed by atoms with Crippen molar-refractivity contribution in [3.8, 4) is 11.8 Å². The monoisotopic (exact) mass is 264 g/mol. The van der Waals surface area contributed by atoms with Gasteiger partial charge >= 0.3 is 0 Å². The molecule has 0 saturated carbocycles. The van der Waals surface area contributed by atoms with Gasteiger partial charge in [0.05, 0.1) is 13.2 Å². The van der Waals surface area contributed by atoms with E-state index in [2.05, 4.69) is 12.1 Å². The lowest BCUT2D eigenvalue weighted by atomic mass is 9.94. The van der Waals surface area contributed by atoms with Gasteiger partial charge in [-0.25, -0.2) is 0 Å². The zero-order valence-electron chi connectivity index (χ0n) is 11.0. The highest BCUT2D eigenvalue weighted by Gasteiger charge is 2.20. The molecule has 0 aliphatic rings. The van der Waals surface area contributed by atoms with E-state index in [-0.39, 0.29) is 0 Å². The summed E-state index contributed by atoms with van der Waals surface area (Å²) in [6, 6.07) is 10.2. The fourth-order valence-electron chi connectivity index (χ4n) is 1.58. The van der Waals surface area contributed by atoms with Crippen molar-refractivity contribution in [2.45, 2.75) is 36.6 Å². The van der Waals surface area contributed by atoms with Crippen LogP contribution in [0.15, 0.2) is 29.2 Å². The molecule has 1 unspecified atom stereocenters. The molecule has 0 fully saturated rings. The minimum Gasteiger partial charge on any atom is -0.497 e. The molecule has 4 heteroatoms. The fourth-order valence-corrected chi connectivity index (χ4v) is 2.48. The first kappa shape index (κ1) is 14.9. The predicted molar refractivity (Wildman–Crippen MR) is 75.8 cm³/mol. The van der Waals surface area contributed by atoms with E-state index in [1.54, 1.807) is 18.9 Å². The molecule has 0 spiro atoms. The average molecular weight is 264 g/mol. The van der Waals surface area contributed by atoms with Gasteiger partial charge in [-0.15, -0.1) is 11.8 Å². The van der Waals surface area contributed by atoms with Gasteiger partial charge in [0.15, 0.2) is 0 Å². The molecule has 1 aromatic carbocycles. The Hall–Kier alpha value is -1.18. The molecule has 1 rings (SSSR count). The molecule has 0 aliphatic carbocycles. The molecule has 0 saturated heterocycles. The number of rotatable bonds is 7. The summed E-state index contributed by atoms with van der Waals surface area (Å²) in [5.74, 6) is 1.84. The second-order valence-electron chi connectivity index (χ2n) is 4.25. The highest BCUT2D eigenvalue weighted by molar-refractivity contribution is 7.99. The molecule has 0 heterocycles. The van der Waals surface area contributed by atoms with Crippen LogP contribution < -0.4 is 10.5 Å². The van der Waals surface area contributed by atoms with Crippen LogP contribution in [0.1, 0.15) is 26.2 Å². The molecular weight excluding hydrogens is 244 g/mol. The van der Waals surface area contributed by atoms with Crippen molar-refractivity contribution in [1.29, 1.82) is 5.26 Å². The lowest BCUT2D eigenvalue weighted by Crippen LogP contribution is -2.37. The molecule has 0 radical (unpaired) electrons. The molecular formula is C14H20N2OS. The van der Waals surface area contributed by atoms with Gasteiger partial charge in [-0.05, 0) is 43.2 Å². The van der Waals surface area contributed by atoms with E-state index in [4.69, 9.17) is 15.7 Å². The first-order valence-corrected chi connectivity index (χ1v) is 7.09. The SMILES string of the molecule is CCC(N)(C#N)CCCSc1cccc(OC)c1. The van der Waals surface area contributed by atoms with E-state index >= 15 is 0 Å².